The summed E-state index contributed by atoms with van der Waals surface area (Å²) in [6.07, 6.45) is 1.64. The quantitative estimate of drug-likeness (QED) is 0.495. The average molecular weight is 203 g/mol. The van der Waals surface area contributed by atoms with Crippen LogP contribution in [0.5, 0.6) is 0 Å². The molecule has 0 N–H and O–H groups in total. The third-order valence-electron chi connectivity index (χ3n) is 1.12. The molecule has 0 aliphatic heterocycles. The summed E-state index contributed by atoms with van der Waals surface area (Å²) in [6, 6.07) is 0. The fourth-order valence-corrected chi connectivity index (χ4v) is 0.551. The van der Waals surface area contributed by atoms with E-state index in [0.29, 0.717) is 0 Å². The van der Waals surface area contributed by atoms with Crippen molar-refractivity contribution in [2.45, 2.75) is 26.7 Å². The average Bonchev–Trinajstić information content (AvgIpc) is 1.67. The zero-order valence-corrected chi connectivity index (χ0v) is 8.13. The zero-order valence-electron chi connectivity index (χ0n) is 6.09. The monoisotopic (exact) mass is 202 g/mol. The maximum atomic E-state index is 9.98. The standard InChI is InChI=1S/C6H12O2.ClH.Cr/c1-3-4-5(2)6(7)8;;/h5H,3-4H2,1-2H3,(H,7,8);1H;/q;;+2/p-2. The molecular weight excluding hydrogens is 192 g/mol. The minimum atomic E-state index is -0.938. The van der Waals surface area contributed by atoms with Crippen molar-refractivity contribution < 1.29 is 39.7 Å². The SMILES string of the molecule is CCCC(C)C(=O)[O-].[Cl-].[Cr+2]. The maximum absolute atomic E-state index is 9.98. The van der Waals surface area contributed by atoms with Gasteiger partial charge >= 0.3 is 17.4 Å². The van der Waals surface area contributed by atoms with E-state index in [4.69, 9.17) is 0 Å². The first-order valence-electron chi connectivity index (χ1n) is 2.89. The van der Waals surface area contributed by atoms with E-state index in [1.165, 1.54) is 0 Å². The second-order valence-corrected chi connectivity index (χ2v) is 2.01. The Morgan fingerprint density at radius 3 is 2.10 bits per heavy atom. The Balaban J connectivity index is -0.000000245. The number of hydrogen-bond acceptors (Lipinski definition) is 2. The van der Waals surface area contributed by atoms with Gasteiger partial charge in [0.05, 0.1) is 0 Å². The van der Waals surface area contributed by atoms with E-state index >= 15 is 0 Å². The fourth-order valence-electron chi connectivity index (χ4n) is 0.551. The number of hydrogen-bond donors (Lipinski definition) is 0. The zero-order chi connectivity index (χ0) is 6.57. The van der Waals surface area contributed by atoms with Crippen LogP contribution in [-0.4, -0.2) is 5.97 Å². The molecule has 1 unspecified atom stereocenters. The van der Waals surface area contributed by atoms with Crippen LogP contribution in [0.4, 0.5) is 0 Å². The summed E-state index contributed by atoms with van der Waals surface area (Å²) in [5.74, 6) is -1.22. The summed E-state index contributed by atoms with van der Waals surface area (Å²) >= 11 is 0. The van der Waals surface area contributed by atoms with Crippen LogP contribution < -0.4 is 17.5 Å². The Morgan fingerprint density at radius 2 is 2.00 bits per heavy atom. The Hall–Kier alpha value is 0.292. The van der Waals surface area contributed by atoms with Gasteiger partial charge in [0.2, 0.25) is 0 Å². The number of carbonyl (C=O) groups is 1. The van der Waals surface area contributed by atoms with Gasteiger partial charge in [-0.25, -0.2) is 0 Å². The normalized spacial score (nSPS) is 10.6. The first-order valence-corrected chi connectivity index (χ1v) is 2.89. The van der Waals surface area contributed by atoms with E-state index < -0.39 is 5.97 Å². The van der Waals surface area contributed by atoms with Crippen molar-refractivity contribution in [1.82, 2.24) is 0 Å². The van der Waals surface area contributed by atoms with Crippen molar-refractivity contribution >= 4 is 5.97 Å². The van der Waals surface area contributed by atoms with Crippen LogP contribution in [0.3, 0.4) is 0 Å². The van der Waals surface area contributed by atoms with Gasteiger partial charge in [-0.05, 0) is 12.3 Å². The molecule has 1 atom stereocenters. The molecule has 0 spiro atoms. The van der Waals surface area contributed by atoms with Crippen LogP contribution >= 0.6 is 0 Å². The predicted octanol–water partition coefficient (Wildman–Crippen LogP) is -2.83. The molecule has 0 radical (unpaired) electrons. The van der Waals surface area contributed by atoms with Gasteiger partial charge in [0.15, 0.2) is 0 Å². The van der Waals surface area contributed by atoms with Gasteiger partial charge in [0.1, 0.15) is 0 Å². The largest absolute Gasteiger partial charge is 2.00 e. The molecule has 0 saturated carbocycles. The summed E-state index contributed by atoms with van der Waals surface area (Å²) in [5.41, 5.74) is 0. The van der Waals surface area contributed by atoms with Gasteiger partial charge in [-0.15, -0.1) is 0 Å². The second kappa shape index (κ2) is 9.29. The summed E-state index contributed by atoms with van der Waals surface area (Å²) in [7, 11) is 0. The number of carbonyl (C=O) groups excluding carboxylic acids is 1. The molecular formula is C6H11ClCrO2. The van der Waals surface area contributed by atoms with Gasteiger partial charge < -0.3 is 22.3 Å². The Bertz CT molecular complexity index is 87.8. The molecule has 0 fully saturated rings. The number of carboxylic acid groups (broad SMARTS) is 1. The van der Waals surface area contributed by atoms with Crippen molar-refractivity contribution in [3.8, 4) is 0 Å². The summed E-state index contributed by atoms with van der Waals surface area (Å²) in [5, 5.41) is 9.98. The Kier molecular flexibility index (Phi) is 15.5. The summed E-state index contributed by atoms with van der Waals surface area (Å²) < 4.78 is 0. The van der Waals surface area contributed by atoms with Crippen LogP contribution in [0.2, 0.25) is 0 Å². The molecule has 0 saturated heterocycles. The third-order valence-corrected chi connectivity index (χ3v) is 1.12. The smallest absolute Gasteiger partial charge is 1.00 e. The van der Waals surface area contributed by atoms with Crippen LogP contribution in [-0.2, 0) is 22.2 Å². The van der Waals surface area contributed by atoms with Gasteiger partial charge in [-0.2, -0.15) is 0 Å². The van der Waals surface area contributed by atoms with Crippen molar-refractivity contribution in [2.75, 3.05) is 0 Å². The number of aliphatic carboxylic acids is 1. The van der Waals surface area contributed by atoms with E-state index in [-0.39, 0.29) is 35.7 Å². The van der Waals surface area contributed by atoms with Crippen LogP contribution in [0, 0.1) is 5.92 Å². The predicted molar refractivity (Wildman–Crippen MR) is 29.1 cm³/mol. The summed E-state index contributed by atoms with van der Waals surface area (Å²) in [4.78, 5) is 9.98. The van der Waals surface area contributed by atoms with Crippen molar-refractivity contribution in [3.63, 3.8) is 0 Å². The molecule has 0 aromatic rings. The number of carboxylic acids is 1. The first-order chi connectivity index (χ1) is 3.68. The van der Waals surface area contributed by atoms with Gasteiger partial charge in [0.25, 0.3) is 0 Å². The molecule has 0 bridgehead atoms. The first kappa shape index (κ1) is 16.7. The topological polar surface area (TPSA) is 40.1 Å². The molecule has 10 heavy (non-hydrogen) atoms. The van der Waals surface area contributed by atoms with Crippen molar-refractivity contribution in [2.24, 2.45) is 5.92 Å². The molecule has 0 aliphatic rings. The molecule has 0 aromatic heterocycles. The molecule has 0 heterocycles. The second-order valence-electron chi connectivity index (χ2n) is 2.01. The van der Waals surface area contributed by atoms with E-state index in [1.807, 2.05) is 6.92 Å². The van der Waals surface area contributed by atoms with E-state index in [0.717, 1.165) is 12.8 Å². The minimum absolute atomic E-state index is 0. The Morgan fingerprint density at radius 1 is 1.60 bits per heavy atom. The van der Waals surface area contributed by atoms with E-state index in [1.54, 1.807) is 6.92 Å². The number of halogens is 1. The summed E-state index contributed by atoms with van der Waals surface area (Å²) in [6.45, 7) is 3.62. The Labute approximate surface area is 78.5 Å². The molecule has 60 valence electrons. The van der Waals surface area contributed by atoms with Crippen LogP contribution in [0.25, 0.3) is 0 Å². The molecule has 0 aliphatic carbocycles. The molecule has 2 nitrogen and oxygen atoms in total. The minimum Gasteiger partial charge on any atom is -1.00 e. The van der Waals surface area contributed by atoms with Gasteiger partial charge in [0, 0.05) is 5.97 Å². The molecule has 4 heteroatoms. The number of rotatable bonds is 3. The fraction of sp³-hybridized carbons (Fsp3) is 0.833. The van der Waals surface area contributed by atoms with Crippen LogP contribution in [0.1, 0.15) is 26.7 Å². The van der Waals surface area contributed by atoms with Gasteiger partial charge in [-0.1, -0.05) is 20.3 Å². The molecule has 0 amide bonds. The molecule has 0 rings (SSSR count). The van der Waals surface area contributed by atoms with Gasteiger partial charge in [-0.3, -0.25) is 0 Å². The van der Waals surface area contributed by atoms with Crippen molar-refractivity contribution in [1.29, 1.82) is 0 Å². The van der Waals surface area contributed by atoms with Crippen molar-refractivity contribution in [3.05, 3.63) is 0 Å². The van der Waals surface area contributed by atoms with Crippen LogP contribution in [0.15, 0.2) is 0 Å². The maximum Gasteiger partial charge on any atom is 2.00 e. The third kappa shape index (κ3) is 8.29. The van der Waals surface area contributed by atoms with E-state index in [2.05, 4.69) is 0 Å². The molecule has 0 aromatic carbocycles. The van der Waals surface area contributed by atoms with E-state index in [9.17, 15) is 9.90 Å².